The second-order valence-electron chi connectivity index (χ2n) is 5.59. The van der Waals surface area contributed by atoms with Crippen molar-refractivity contribution in [1.82, 2.24) is 0 Å². The van der Waals surface area contributed by atoms with Crippen LogP contribution < -0.4 is 4.74 Å². The quantitative estimate of drug-likeness (QED) is 0.703. The molecule has 0 bridgehead atoms. The summed E-state index contributed by atoms with van der Waals surface area (Å²) in [6.45, 7) is 0. The lowest BCUT2D eigenvalue weighted by Crippen LogP contribution is -1.95. The van der Waals surface area contributed by atoms with Crippen LogP contribution in [0.5, 0.6) is 5.75 Å². The van der Waals surface area contributed by atoms with Crippen molar-refractivity contribution >= 4 is 22.8 Å². The largest absolute Gasteiger partial charge is 0.497 e. The second-order valence-corrected chi connectivity index (χ2v) is 5.59. The molecule has 0 amide bonds. The summed E-state index contributed by atoms with van der Waals surface area (Å²) in [5, 5.41) is 11.3. The summed E-state index contributed by atoms with van der Waals surface area (Å²) < 4.78 is 5.24. The molecule has 0 aliphatic carbocycles. The third-order valence-corrected chi connectivity index (χ3v) is 3.97. The standard InChI is InChI=1S/C21H18O3/c1-24-20-10-8-18(19(14-20)9-11-21(22)23)13-15-6-7-16-4-2-3-5-17(16)12-15/h2-12,14H,13H2,1H3,(H,22,23)/b11-9+. The van der Waals surface area contributed by atoms with Crippen molar-refractivity contribution in [2.75, 3.05) is 7.11 Å². The maximum Gasteiger partial charge on any atom is 0.328 e. The number of carboxylic acid groups (broad SMARTS) is 1. The number of fused-ring (bicyclic) bond motifs is 1. The molecule has 1 N–H and O–H groups in total. The van der Waals surface area contributed by atoms with Crippen molar-refractivity contribution in [3.05, 3.63) is 83.4 Å². The molecule has 0 spiro atoms. The highest BCUT2D eigenvalue weighted by Crippen LogP contribution is 2.23. The highest BCUT2D eigenvalue weighted by Gasteiger charge is 2.05. The van der Waals surface area contributed by atoms with Gasteiger partial charge < -0.3 is 9.84 Å². The predicted molar refractivity (Wildman–Crippen MR) is 96.4 cm³/mol. The Labute approximate surface area is 140 Å². The maximum atomic E-state index is 10.8. The van der Waals surface area contributed by atoms with Crippen molar-refractivity contribution in [3.63, 3.8) is 0 Å². The zero-order chi connectivity index (χ0) is 16.9. The van der Waals surface area contributed by atoms with Crippen LogP contribution in [0.15, 0.2) is 66.7 Å². The van der Waals surface area contributed by atoms with Gasteiger partial charge in [0, 0.05) is 6.08 Å². The fraction of sp³-hybridized carbons (Fsp3) is 0.0952. The molecule has 0 heterocycles. The number of carboxylic acids is 1. The Hall–Kier alpha value is -3.07. The zero-order valence-corrected chi connectivity index (χ0v) is 13.4. The van der Waals surface area contributed by atoms with E-state index in [1.165, 1.54) is 16.3 Å². The molecule has 3 aromatic rings. The molecular weight excluding hydrogens is 300 g/mol. The van der Waals surface area contributed by atoms with Gasteiger partial charge in [0.2, 0.25) is 0 Å². The summed E-state index contributed by atoms with van der Waals surface area (Å²) >= 11 is 0. The van der Waals surface area contributed by atoms with Gasteiger partial charge in [0.25, 0.3) is 0 Å². The highest BCUT2D eigenvalue weighted by atomic mass is 16.5. The van der Waals surface area contributed by atoms with Gasteiger partial charge >= 0.3 is 5.97 Å². The molecule has 3 heteroatoms. The minimum absolute atomic E-state index is 0.710. The fourth-order valence-corrected chi connectivity index (χ4v) is 2.75. The lowest BCUT2D eigenvalue weighted by molar-refractivity contribution is -0.131. The average molecular weight is 318 g/mol. The Morgan fingerprint density at radius 1 is 1.04 bits per heavy atom. The first-order valence-electron chi connectivity index (χ1n) is 7.71. The third-order valence-electron chi connectivity index (χ3n) is 3.97. The molecule has 0 atom stereocenters. The van der Waals surface area contributed by atoms with Crippen LogP contribution in [-0.4, -0.2) is 18.2 Å². The van der Waals surface area contributed by atoms with Crippen LogP contribution in [0.1, 0.15) is 16.7 Å². The van der Waals surface area contributed by atoms with Gasteiger partial charge in [-0.3, -0.25) is 0 Å². The Morgan fingerprint density at radius 2 is 1.83 bits per heavy atom. The number of carbonyl (C=O) groups is 1. The van der Waals surface area contributed by atoms with E-state index in [4.69, 9.17) is 9.84 Å². The van der Waals surface area contributed by atoms with E-state index in [0.717, 1.165) is 23.6 Å². The molecule has 0 aliphatic heterocycles. The average Bonchev–Trinajstić information content (AvgIpc) is 2.60. The van der Waals surface area contributed by atoms with Gasteiger partial charge in [-0.05, 0) is 52.1 Å². The number of benzene rings is 3. The van der Waals surface area contributed by atoms with E-state index < -0.39 is 5.97 Å². The van der Waals surface area contributed by atoms with E-state index in [9.17, 15) is 4.79 Å². The van der Waals surface area contributed by atoms with Gasteiger partial charge in [-0.2, -0.15) is 0 Å². The molecule has 0 aliphatic rings. The van der Waals surface area contributed by atoms with E-state index in [-0.39, 0.29) is 0 Å². The summed E-state index contributed by atoms with van der Waals surface area (Å²) in [6, 6.07) is 20.4. The van der Waals surface area contributed by atoms with Crippen molar-refractivity contribution in [1.29, 1.82) is 0 Å². The van der Waals surface area contributed by atoms with Crippen molar-refractivity contribution in [3.8, 4) is 5.75 Å². The maximum absolute atomic E-state index is 10.8. The number of aliphatic carboxylic acids is 1. The molecule has 24 heavy (non-hydrogen) atoms. The third kappa shape index (κ3) is 3.63. The van der Waals surface area contributed by atoms with Gasteiger partial charge in [-0.1, -0.05) is 48.5 Å². The van der Waals surface area contributed by atoms with E-state index >= 15 is 0 Å². The SMILES string of the molecule is COc1ccc(Cc2ccc3ccccc3c2)c(/C=C/C(=O)O)c1. The van der Waals surface area contributed by atoms with Crippen LogP contribution in [0, 0.1) is 0 Å². The first-order chi connectivity index (χ1) is 11.7. The minimum atomic E-state index is -0.963. The van der Waals surface area contributed by atoms with Crippen LogP contribution >= 0.6 is 0 Å². The Kier molecular flexibility index (Phi) is 4.62. The van der Waals surface area contributed by atoms with Crippen molar-refractivity contribution in [2.45, 2.75) is 6.42 Å². The molecule has 0 saturated carbocycles. The summed E-state index contributed by atoms with van der Waals surface area (Å²) in [7, 11) is 1.60. The lowest BCUT2D eigenvalue weighted by Gasteiger charge is -2.10. The normalized spacial score (nSPS) is 11.0. The van der Waals surface area contributed by atoms with Crippen LogP contribution in [-0.2, 0) is 11.2 Å². The van der Waals surface area contributed by atoms with Gasteiger partial charge in [0.05, 0.1) is 7.11 Å². The smallest absolute Gasteiger partial charge is 0.328 e. The summed E-state index contributed by atoms with van der Waals surface area (Å²) in [6.07, 6.45) is 3.49. The van der Waals surface area contributed by atoms with Crippen LogP contribution in [0.25, 0.3) is 16.8 Å². The molecule has 0 fully saturated rings. The number of ether oxygens (including phenoxy) is 1. The summed E-state index contributed by atoms with van der Waals surface area (Å²) in [5.74, 6) is -0.253. The Morgan fingerprint density at radius 3 is 2.58 bits per heavy atom. The van der Waals surface area contributed by atoms with Gasteiger partial charge in [0.15, 0.2) is 0 Å². The van der Waals surface area contributed by atoms with Gasteiger partial charge in [0.1, 0.15) is 5.75 Å². The number of methoxy groups -OCH3 is 1. The van der Waals surface area contributed by atoms with Crippen molar-refractivity contribution < 1.29 is 14.6 Å². The van der Waals surface area contributed by atoms with Crippen LogP contribution in [0.4, 0.5) is 0 Å². The molecule has 3 nitrogen and oxygen atoms in total. The molecule has 0 radical (unpaired) electrons. The van der Waals surface area contributed by atoms with Crippen molar-refractivity contribution in [2.24, 2.45) is 0 Å². The summed E-state index contributed by atoms with van der Waals surface area (Å²) in [5.41, 5.74) is 3.09. The Balaban J connectivity index is 1.96. The van der Waals surface area contributed by atoms with E-state index in [2.05, 4.69) is 30.3 Å². The molecule has 0 saturated heterocycles. The van der Waals surface area contributed by atoms with Crippen LogP contribution in [0.3, 0.4) is 0 Å². The highest BCUT2D eigenvalue weighted by molar-refractivity contribution is 5.86. The first kappa shape index (κ1) is 15.8. The van der Waals surface area contributed by atoms with Crippen LogP contribution in [0.2, 0.25) is 0 Å². The second kappa shape index (κ2) is 7.01. The molecule has 120 valence electrons. The molecule has 3 aromatic carbocycles. The topological polar surface area (TPSA) is 46.5 Å². The van der Waals surface area contributed by atoms with Gasteiger partial charge in [-0.25, -0.2) is 4.79 Å². The minimum Gasteiger partial charge on any atom is -0.497 e. The molecule has 0 unspecified atom stereocenters. The number of hydrogen-bond donors (Lipinski definition) is 1. The number of rotatable bonds is 5. The molecular formula is C21H18O3. The Bertz CT molecular complexity index is 910. The summed E-state index contributed by atoms with van der Waals surface area (Å²) in [4.78, 5) is 10.8. The van der Waals surface area contributed by atoms with Gasteiger partial charge in [-0.15, -0.1) is 0 Å². The molecule has 0 aromatic heterocycles. The lowest BCUT2D eigenvalue weighted by atomic mass is 9.97. The number of hydrogen-bond acceptors (Lipinski definition) is 2. The first-order valence-corrected chi connectivity index (χ1v) is 7.71. The predicted octanol–water partition coefficient (Wildman–Crippen LogP) is 4.54. The zero-order valence-electron chi connectivity index (χ0n) is 13.4. The van der Waals surface area contributed by atoms with E-state index in [0.29, 0.717) is 5.75 Å². The molecule has 3 rings (SSSR count). The van der Waals surface area contributed by atoms with E-state index in [1.807, 2.05) is 30.3 Å². The monoisotopic (exact) mass is 318 g/mol. The van der Waals surface area contributed by atoms with E-state index in [1.54, 1.807) is 13.2 Å². The fourth-order valence-electron chi connectivity index (χ4n) is 2.75.